The number of hydrogen-bond acceptors (Lipinski definition) is 6. The normalized spacial score (nSPS) is 13.5. The molecular weight excluding hydrogens is 400 g/mol. The number of aromatic nitrogens is 4. The summed E-state index contributed by atoms with van der Waals surface area (Å²) in [6, 6.07) is 15.1. The molecule has 0 unspecified atom stereocenters. The van der Waals surface area contributed by atoms with Crippen LogP contribution >= 0.6 is 11.6 Å². The molecule has 0 amide bonds. The Morgan fingerprint density at radius 1 is 1.17 bits per heavy atom. The molecule has 0 bridgehead atoms. The minimum absolute atomic E-state index is 0.471. The fourth-order valence-electron chi connectivity index (χ4n) is 3.41. The van der Waals surface area contributed by atoms with Gasteiger partial charge in [0.25, 0.3) is 0 Å². The largest absolute Gasteiger partial charge is 0.497 e. The van der Waals surface area contributed by atoms with Gasteiger partial charge in [0.1, 0.15) is 11.6 Å². The molecule has 2 heterocycles. The summed E-state index contributed by atoms with van der Waals surface area (Å²) in [6.45, 7) is 0.856. The summed E-state index contributed by atoms with van der Waals surface area (Å²) in [6.07, 6.45) is 2.49. The zero-order chi connectivity index (χ0) is 20.7. The third-order valence-corrected chi connectivity index (χ3v) is 5.46. The van der Waals surface area contributed by atoms with Gasteiger partial charge in [-0.05, 0) is 55.2 Å². The molecule has 7 nitrogen and oxygen atoms in total. The topological polar surface area (TPSA) is 90.9 Å². The third kappa shape index (κ3) is 3.52. The molecule has 0 atom stereocenters. The summed E-state index contributed by atoms with van der Waals surface area (Å²) in [5.41, 5.74) is 9.46. The minimum atomic E-state index is 0.471. The van der Waals surface area contributed by atoms with Crippen LogP contribution in [0.25, 0.3) is 28.0 Å². The highest BCUT2D eigenvalue weighted by atomic mass is 35.5. The van der Waals surface area contributed by atoms with Crippen molar-refractivity contribution in [3.8, 4) is 22.7 Å². The van der Waals surface area contributed by atoms with Crippen LogP contribution < -0.4 is 15.8 Å². The van der Waals surface area contributed by atoms with E-state index in [0.29, 0.717) is 39.4 Å². The van der Waals surface area contributed by atoms with Crippen LogP contribution in [0.3, 0.4) is 0 Å². The van der Waals surface area contributed by atoms with E-state index in [2.05, 4.69) is 15.4 Å². The number of rotatable bonds is 6. The van der Waals surface area contributed by atoms with Crippen LogP contribution in [0, 0.1) is 5.92 Å². The molecule has 5 rings (SSSR count). The van der Waals surface area contributed by atoms with Crippen molar-refractivity contribution in [2.45, 2.75) is 12.8 Å². The fourth-order valence-corrected chi connectivity index (χ4v) is 3.60. The Balaban J connectivity index is 1.67. The van der Waals surface area contributed by atoms with Crippen LogP contribution in [0.2, 0.25) is 5.02 Å². The number of hydrogen-bond donors (Lipinski definition) is 2. The maximum absolute atomic E-state index is 6.54. The quantitative estimate of drug-likeness (QED) is 0.475. The molecule has 0 aliphatic heterocycles. The van der Waals surface area contributed by atoms with Gasteiger partial charge in [0.2, 0.25) is 5.95 Å². The van der Waals surface area contributed by atoms with Crippen molar-refractivity contribution in [3.63, 3.8) is 0 Å². The molecule has 0 radical (unpaired) electrons. The number of nitrogens with two attached hydrogens (primary N) is 1. The van der Waals surface area contributed by atoms with Gasteiger partial charge >= 0.3 is 0 Å². The number of ether oxygens (including phenoxy) is 1. The van der Waals surface area contributed by atoms with Crippen LogP contribution in [0.15, 0.2) is 48.5 Å². The van der Waals surface area contributed by atoms with Gasteiger partial charge in [-0.15, -0.1) is 5.10 Å². The minimum Gasteiger partial charge on any atom is -0.497 e. The Hall–Kier alpha value is -3.32. The monoisotopic (exact) mass is 420 g/mol. The molecule has 4 aromatic rings. The Morgan fingerprint density at radius 3 is 2.67 bits per heavy atom. The van der Waals surface area contributed by atoms with Crippen LogP contribution in [0.5, 0.6) is 5.75 Å². The predicted molar refractivity (Wildman–Crippen MR) is 119 cm³/mol. The summed E-state index contributed by atoms with van der Waals surface area (Å²) in [5, 5.41) is 9.35. The fraction of sp³-hybridized carbons (Fsp3) is 0.227. The van der Waals surface area contributed by atoms with E-state index in [4.69, 9.17) is 27.1 Å². The Bertz CT molecular complexity index is 1220. The molecule has 30 heavy (non-hydrogen) atoms. The highest BCUT2D eigenvalue weighted by Gasteiger charge is 2.23. The van der Waals surface area contributed by atoms with E-state index >= 15 is 0 Å². The molecule has 152 valence electrons. The first-order chi connectivity index (χ1) is 14.6. The van der Waals surface area contributed by atoms with Crippen molar-refractivity contribution >= 4 is 34.4 Å². The van der Waals surface area contributed by atoms with Crippen LogP contribution in [-0.4, -0.2) is 33.4 Å². The molecule has 1 saturated carbocycles. The van der Waals surface area contributed by atoms with E-state index in [1.165, 1.54) is 12.8 Å². The zero-order valence-electron chi connectivity index (χ0n) is 16.5. The van der Waals surface area contributed by atoms with Gasteiger partial charge in [-0.2, -0.15) is 4.98 Å². The Morgan fingerprint density at radius 2 is 1.97 bits per heavy atom. The van der Waals surface area contributed by atoms with Crippen molar-refractivity contribution in [2.24, 2.45) is 5.92 Å². The average molecular weight is 421 g/mol. The molecule has 2 aromatic carbocycles. The molecule has 0 saturated heterocycles. The smallest absolute Gasteiger partial charge is 0.225 e. The predicted octanol–water partition coefficient (Wildman–Crippen LogP) is 4.55. The molecule has 1 fully saturated rings. The first-order valence-electron chi connectivity index (χ1n) is 9.83. The number of nitrogen functional groups attached to an aromatic ring is 1. The van der Waals surface area contributed by atoms with Crippen LogP contribution in [0.1, 0.15) is 12.8 Å². The molecule has 2 aromatic heterocycles. The SMILES string of the molecule is COc1ccc(-n2nc3nc(NCC4CC4)nc(-c4cccc(Cl)c4)c3c2N)cc1. The lowest BCUT2D eigenvalue weighted by Crippen LogP contribution is -2.07. The summed E-state index contributed by atoms with van der Waals surface area (Å²) in [7, 11) is 1.63. The molecule has 0 spiro atoms. The number of nitrogens with one attached hydrogen (secondary N) is 1. The van der Waals surface area contributed by atoms with E-state index in [0.717, 1.165) is 23.5 Å². The van der Waals surface area contributed by atoms with Gasteiger partial charge in [0, 0.05) is 17.1 Å². The second-order valence-electron chi connectivity index (χ2n) is 7.42. The number of halogens is 1. The lowest BCUT2D eigenvalue weighted by atomic mass is 10.1. The van der Waals surface area contributed by atoms with Gasteiger partial charge in [-0.1, -0.05) is 23.7 Å². The standard InChI is InChI=1S/C22H21ClN6O/c1-30-17-9-7-16(8-10-17)29-20(24)18-19(14-3-2-4-15(23)11-14)26-22(27-21(18)28-29)25-12-13-5-6-13/h2-4,7-11,13H,5-6,12,24H2,1H3,(H,25,27,28). The summed E-state index contributed by atoms with van der Waals surface area (Å²) in [5.74, 6) is 2.48. The number of anilines is 2. The second-order valence-corrected chi connectivity index (χ2v) is 7.86. The number of benzene rings is 2. The molecular formula is C22H21ClN6O. The summed E-state index contributed by atoms with van der Waals surface area (Å²) < 4.78 is 6.92. The van der Waals surface area contributed by atoms with E-state index in [-0.39, 0.29) is 0 Å². The van der Waals surface area contributed by atoms with Gasteiger partial charge in [0.15, 0.2) is 5.65 Å². The zero-order valence-corrected chi connectivity index (χ0v) is 17.2. The highest BCUT2D eigenvalue weighted by molar-refractivity contribution is 6.30. The number of fused-ring (bicyclic) bond motifs is 1. The van der Waals surface area contributed by atoms with Crippen LogP contribution in [-0.2, 0) is 0 Å². The third-order valence-electron chi connectivity index (χ3n) is 5.23. The van der Waals surface area contributed by atoms with Crippen molar-refractivity contribution in [1.29, 1.82) is 0 Å². The van der Waals surface area contributed by atoms with Crippen LogP contribution in [0.4, 0.5) is 11.8 Å². The first kappa shape index (κ1) is 18.7. The number of nitrogens with zero attached hydrogens (tertiary/aromatic N) is 4. The lowest BCUT2D eigenvalue weighted by molar-refractivity contribution is 0.414. The molecule has 1 aliphatic rings. The molecule has 3 N–H and O–H groups in total. The summed E-state index contributed by atoms with van der Waals surface area (Å²) >= 11 is 6.24. The van der Waals surface area contributed by atoms with E-state index in [1.54, 1.807) is 11.8 Å². The summed E-state index contributed by atoms with van der Waals surface area (Å²) in [4.78, 5) is 9.41. The maximum atomic E-state index is 6.54. The highest BCUT2D eigenvalue weighted by Crippen LogP contribution is 2.34. The van der Waals surface area contributed by atoms with E-state index < -0.39 is 0 Å². The van der Waals surface area contributed by atoms with E-state index in [9.17, 15) is 0 Å². The molecule has 8 heteroatoms. The first-order valence-corrected chi connectivity index (χ1v) is 10.2. The van der Waals surface area contributed by atoms with Gasteiger partial charge < -0.3 is 15.8 Å². The van der Waals surface area contributed by atoms with Crippen molar-refractivity contribution in [2.75, 3.05) is 24.7 Å². The van der Waals surface area contributed by atoms with Gasteiger partial charge in [0.05, 0.1) is 23.9 Å². The lowest BCUT2D eigenvalue weighted by Gasteiger charge is -2.08. The van der Waals surface area contributed by atoms with E-state index in [1.807, 2.05) is 48.5 Å². The number of methoxy groups -OCH3 is 1. The van der Waals surface area contributed by atoms with Gasteiger partial charge in [-0.25, -0.2) is 9.67 Å². The second kappa shape index (κ2) is 7.50. The van der Waals surface area contributed by atoms with Gasteiger partial charge in [-0.3, -0.25) is 0 Å². The van der Waals surface area contributed by atoms with Crippen molar-refractivity contribution in [1.82, 2.24) is 19.7 Å². The Kier molecular flexibility index (Phi) is 4.67. The molecule has 1 aliphatic carbocycles. The van der Waals surface area contributed by atoms with Crippen molar-refractivity contribution in [3.05, 3.63) is 53.6 Å². The maximum Gasteiger partial charge on any atom is 0.225 e. The average Bonchev–Trinajstić information content (AvgIpc) is 3.54. The van der Waals surface area contributed by atoms with Crippen molar-refractivity contribution < 1.29 is 4.74 Å². The Labute approximate surface area is 178 Å².